The molecule has 1 aromatic heterocycles. The van der Waals surface area contributed by atoms with Gasteiger partial charge in [0.05, 0.1) is 6.61 Å². The number of anilines is 1. The van der Waals surface area contributed by atoms with Gasteiger partial charge in [0.15, 0.2) is 5.71 Å². The Labute approximate surface area is 90.1 Å². The highest BCUT2D eigenvalue weighted by Gasteiger charge is 2.42. The van der Waals surface area contributed by atoms with Crippen molar-refractivity contribution >= 4 is 17.6 Å². The second-order valence-corrected chi connectivity index (χ2v) is 3.23. The number of carbonyl (C=O) groups is 1. The van der Waals surface area contributed by atoms with E-state index in [4.69, 9.17) is 4.74 Å². The van der Waals surface area contributed by atoms with Gasteiger partial charge >= 0.3 is 5.97 Å². The monoisotopic (exact) mass is 226 g/mol. The third-order valence-corrected chi connectivity index (χ3v) is 2.07. The van der Waals surface area contributed by atoms with Gasteiger partial charge in [-0.1, -0.05) is 5.10 Å². The van der Waals surface area contributed by atoms with Gasteiger partial charge in [-0.05, 0) is 24.3 Å². The van der Waals surface area contributed by atoms with Crippen LogP contribution in [0.25, 0.3) is 0 Å². The highest BCUT2D eigenvalue weighted by molar-refractivity contribution is 6.39. The molecule has 16 heavy (non-hydrogen) atoms. The van der Waals surface area contributed by atoms with Crippen molar-refractivity contribution in [2.75, 3.05) is 12.0 Å². The standard InChI is InChI=1S/C7H10N6O3/c1-3-16-5(14)4-7(2,15)13-6(9-8-4)10-11-12-13/h15H,3H2,1-2H3,(H,9,10,12). The number of hydrogen-bond acceptors (Lipinski definition) is 8. The molecule has 2 N–H and O–H groups in total. The molecule has 0 bridgehead atoms. The number of aromatic nitrogens is 4. The molecule has 0 amide bonds. The molecule has 2 heterocycles. The molecule has 0 aromatic carbocycles. The average molecular weight is 226 g/mol. The van der Waals surface area contributed by atoms with Gasteiger partial charge in [0.1, 0.15) is 0 Å². The first-order chi connectivity index (χ1) is 7.57. The lowest BCUT2D eigenvalue weighted by molar-refractivity contribution is -0.136. The van der Waals surface area contributed by atoms with Crippen molar-refractivity contribution in [2.45, 2.75) is 19.6 Å². The largest absolute Gasteiger partial charge is 0.461 e. The van der Waals surface area contributed by atoms with E-state index in [0.717, 1.165) is 4.68 Å². The summed E-state index contributed by atoms with van der Waals surface area (Å²) in [5, 5.41) is 24.3. The molecule has 2 rings (SSSR count). The van der Waals surface area contributed by atoms with Crippen LogP contribution in [-0.4, -0.2) is 43.6 Å². The number of ether oxygens (including phenoxy) is 1. The molecule has 9 nitrogen and oxygen atoms in total. The first-order valence-corrected chi connectivity index (χ1v) is 4.60. The molecule has 1 atom stereocenters. The molecule has 1 aliphatic heterocycles. The maximum atomic E-state index is 11.5. The molecule has 0 saturated heterocycles. The van der Waals surface area contributed by atoms with Crippen LogP contribution in [0.15, 0.2) is 5.10 Å². The zero-order chi connectivity index (χ0) is 11.8. The Kier molecular flexibility index (Phi) is 2.31. The van der Waals surface area contributed by atoms with Gasteiger partial charge < -0.3 is 9.84 Å². The minimum absolute atomic E-state index is 0.151. The minimum Gasteiger partial charge on any atom is -0.461 e. The van der Waals surface area contributed by atoms with Crippen LogP contribution in [0, 0.1) is 0 Å². The van der Waals surface area contributed by atoms with Crippen LogP contribution >= 0.6 is 0 Å². The van der Waals surface area contributed by atoms with Gasteiger partial charge in [-0.3, -0.25) is 0 Å². The van der Waals surface area contributed by atoms with Crippen molar-refractivity contribution in [3.63, 3.8) is 0 Å². The maximum Gasteiger partial charge on any atom is 0.359 e. The molecule has 9 heteroatoms. The average Bonchev–Trinajstić information content (AvgIpc) is 2.66. The van der Waals surface area contributed by atoms with E-state index >= 15 is 0 Å². The Balaban J connectivity index is 2.36. The van der Waals surface area contributed by atoms with Crippen molar-refractivity contribution in [1.82, 2.24) is 20.2 Å². The molecule has 0 spiro atoms. The maximum absolute atomic E-state index is 11.5. The van der Waals surface area contributed by atoms with Crippen molar-refractivity contribution in [1.29, 1.82) is 0 Å². The SMILES string of the molecule is CCOC(=O)C1=NNc2nnnn2C1(C)O. The Hall–Kier alpha value is -2.03. The van der Waals surface area contributed by atoms with Crippen molar-refractivity contribution in [2.24, 2.45) is 5.10 Å². The Morgan fingerprint density at radius 1 is 1.69 bits per heavy atom. The van der Waals surface area contributed by atoms with Crippen LogP contribution in [0.5, 0.6) is 0 Å². The first-order valence-electron chi connectivity index (χ1n) is 4.60. The number of esters is 1. The fraction of sp³-hybridized carbons (Fsp3) is 0.571. The third kappa shape index (κ3) is 1.41. The van der Waals surface area contributed by atoms with E-state index < -0.39 is 11.7 Å². The molecule has 1 unspecified atom stereocenters. The van der Waals surface area contributed by atoms with E-state index in [2.05, 4.69) is 26.1 Å². The van der Waals surface area contributed by atoms with Gasteiger partial charge in [-0.15, -0.1) is 0 Å². The molecular weight excluding hydrogens is 216 g/mol. The van der Waals surface area contributed by atoms with E-state index in [-0.39, 0.29) is 18.3 Å². The number of hydrazone groups is 1. The topological polar surface area (TPSA) is 115 Å². The number of tetrazole rings is 1. The minimum atomic E-state index is -1.73. The molecule has 0 fully saturated rings. The highest BCUT2D eigenvalue weighted by Crippen LogP contribution is 2.22. The van der Waals surface area contributed by atoms with Crippen molar-refractivity contribution < 1.29 is 14.6 Å². The summed E-state index contributed by atoms with van der Waals surface area (Å²) in [6.07, 6.45) is 0. The van der Waals surface area contributed by atoms with Crippen LogP contribution < -0.4 is 5.43 Å². The molecule has 1 aromatic rings. The van der Waals surface area contributed by atoms with Gasteiger partial charge in [0.2, 0.25) is 5.72 Å². The summed E-state index contributed by atoms with van der Waals surface area (Å²) in [5.74, 6) is -0.570. The van der Waals surface area contributed by atoms with Gasteiger partial charge in [0, 0.05) is 0 Å². The third-order valence-electron chi connectivity index (χ3n) is 2.07. The number of fused-ring (bicyclic) bond motifs is 1. The first kappa shape index (κ1) is 10.5. The number of nitrogens with zero attached hydrogens (tertiary/aromatic N) is 5. The highest BCUT2D eigenvalue weighted by atomic mass is 16.5. The van der Waals surface area contributed by atoms with Crippen molar-refractivity contribution in [3.8, 4) is 0 Å². The predicted octanol–water partition coefficient (Wildman–Crippen LogP) is -1.32. The zero-order valence-electron chi connectivity index (χ0n) is 8.71. The van der Waals surface area contributed by atoms with Crippen LogP contribution in [0.4, 0.5) is 5.95 Å². The van der Waals surface area contributed by atoms with Gasteiger partial charge in [-0.25, -0.2) is 10.2 Å². The molecule has 0 saturated carbocycles. The molecule has 86 valence electrons. The summed E-state index contributed by atoms with van der Waals surface area (Å²) >= 11 is 0. The summed E-state index contributed by atoms with van der Waals surface area (Å²) in [4.78, 5) is 11.5. The van der Waals surface area contributed by atoms with Gasteiger partial charge in [-0.2, -0.15) is 9.78 Å². The Morgan fingerprint density at radius 3 is 3.12 bits per heavy atom. The van der Waals surface area contributed by atoms with Gasteiger partial charge in [0.25, 0.3) is 5.95 Å². The molecule has 0 radical (unpaired) electrons. The summed E-state index contributed by atoms with van der Waals surface area (Å²) in [5.41, 5.74) is 0.516. The van der Waals surface area contributed by atoms with Crippen molar-refractivity contribution in [3.05, 3.63) is 0 Å². The Bertz CT molecular complexity index is 451. The second-order valence-electron chi connectivity index (χ2n) is 3.23. The smallest absolute Gasteiger partial charge is 0.359 e. The fourth-order valence-electron chi connectivity index (χ4n) is 1.30. The number of carbonyl (C=O) groups excluding carboxylic acids is 1. The van der Waals surface area contributed by atoms with Crippen LogP contribution in [0.3, 0.4) is 0 Å². The lowest BCUT2D eigenvalue weighted by atomic mass is 10.1. The number of nitrogens with one attached hydrogen (secondary N) is 1. The molecular formula is C7H10N6O3. The summed E-state index contributed by atoms with van der Waals surface area (Å²) in [6.45, 7) is 3.20. The lowest BCUT2D eigenvalue weighted by Gasteiger charge is -2.27. The normalized spacial score (nSPS) is 23.1. The zero-order valence-corrected chi connectivity index (χ0v) is 8.71. The second kappa shape index (κ2) is 3.52. The predicted molar refractivity (Wildman–Crippen MR) is 51.4 cm³/mol. The number of aliphatic hydroxyl groups is 1. The fourth-order valence-corrected chi connectivity index (χ4v) is 1.30. The van der Waals surface area contributed by atoms with Crippen LogP contribution in [0.2, 0.25) is 0 Å². The Morgan fingerprint density at radius 2 is 2.44 bits per heavy atom. The number of hydrogen-bond donors (Lipinski definition) is 2. The summed E-state index contributed by atoms with van der Waals surface area (Å²) in [6, 6.07) is 0. The van der Waals surface area contributed by atoms with E-state index in [1.165, 1.54) is 6.92 Å². The summed E-state index contributed by atoms with van der Waals surface area (Å²) in [7, 11) is 0. The van der Waals surface area contributed by atoms with E-state index in [1.54, 1.807) is 6.92 Å². The van der Waals surface area contributed by atoms with E-state index in [0.29, 0.717) is 0 Å². The quantitative estimate of drug-likeness (QED) is 0.601. The van der Waals surface area contributed by atoms with Crippen LogP contribution in [0.1, 0.15) is 13.8 Å². The summed E-state index contributed by atoms with van der Waals surface area (Å²) < 4.78 is 5.80. The lowest BCUT2D eigenvalue weighted by Crippen LogP contribution is -2.47. The number of rotatable bonds is 2. The van der Waals surface area contributed by atoms with Crippen LogP contribution in [-0.2, 0) is 15.3 Å². The molecule has 1 aliphatic rings. The molecule has 0 aliphatic carbocycles. The van der Waals surface area contributed by atoms with E-state index in [1.807, 2.05) is 0 Å². The van der Waals surface area contributed by atoms with E-state index in [9.17, 15) is 9.90 Å².